The molecule has 2 fully saturated rings. The van der Waals surface area contributed by atoms with E-state index in [0.717, 1.165) is 39.1 Å². The molecule has 1 heterocycles. The molecule has 2 rings (SSSR count). The molecule has 0 aromatic heterocycles. The molecule has 1 saturated carbocycles. The van der Waals surface area contributed by atoms with Crippen LogP contribution in [0.5, 0.6) is 0 Å². The fourth-order valence-electron chi connectivity index (χ4n) is 2.44. The Labute approximate surface area is 97.3 Å². The van der Waals surface area contributed by atoms with Gasteiger partial charge in [-0.25, -0.2) is 0 Å². The Bertz CT molecular complexity index is 216. The molecule has 1 saturated heterocycles. The van der Waals surface area contributed by atoms with Crippen molar-refractivity contribution in [2.75, 3.05) is 19.8 Å². The van der Waals surface area contributed by atoms with Gasteiger partial charge < -0.3 is 9.47 Å². The SMILES string of the molecule is CCC1(C)C(Cl)CC1OCC1CCOC1. The zero-order chi connectivity index (χ0) is 10.9. The smallest absolute Gasteiger partial charge is 0.0657 e. The van der Waals surface area contributed by atoms with Crippen molar-refractivity contribution in [3.05, 3.63) is 0 Å². The minimum Gasteiger partial charge on any atom is -0.381 e. The molecule has 2 nitrogen and oxygen atoms in total. The molecule has 0 N–H and O–H groups in total. The van der Waals surface area contributed by atoms with Gasteiger partial charge in [0.25, 0.3) is 0 Å². The summed E-state index contributed by atoms with van der Waals surface area (Å²) < 4.78 is 11.3. The van der Waals surface area contributed by atoms with Crippen LogP contribution in [0, 0.1) is 11.3 Å². The number of rotatable bonds is 4. The number of hydrogen-bond donors (Lipinski definition) is 0. The van der Waals surface area contributed by atoms with Crippen LogP contribution in [0.2, 0.25) is 0 Å². The minimum absolute atomic E-state index is 0.195. The van der Waals surface area contributed by atoms with Gasteiger partial charge in [-0.1, -0.05) is 13.8 Å². The third-order valence-corrected chi connectivity index (χ3v) is 4.87. The highest BCUT2D eigenvalue weighted by Crippen LogP contribution is 2.49. The third kappa shape index (κ3) is 2.17. The maximum atomic E-state index is 6.24. The van der Waals surface area contributed by atoms with Crippen LogP contribution < -0.4 is 0 Å². The monoisotopic (exact) mass is 232 g/mol. The van der Waals surface area contributed by atoms with E-state index in [0.29, 0.717) is 17.4 Å². The Kier molecular flexibility index (Phi) is 3.59. The van der Waals surface area contributed by atoms with Gasteiger partial charge in [-0.2, -0.15) is 0 Å². The van der Waals surface area contributed by atoms with E-state index >= 15 is 0 Å². The van der Waals surface area contributed by atoms with Crippen LogP contribution in [0.3, 0.4) is 0 Å². The van der Waals surface area contributed by atoms with Crippen molar-refractivity contribution < 1.29 is 9.47 Å². The molecule has 3 heteroatoms. The average Bonchev–Trinajstić information content (AvgIpc) is 2.75. The molecule has 15 heavy (non-hydrogen) atoms. The van der Waals surface area contributed by atoms with Crippen LogP contribution in [0.15, 0.2) is 0 Å². The quantitative estimate of drug-likeness (QED) is 0.694. The molecule has 0 aromatic rings. The van der Waals surface area contributed by atoms with Crippen LogP contribution in [0.25, 0.3) is 0 Å². The predicted octanol–water partition coefficient (Wildman–Crippen LogP) is 2.84. The van der Waals surface area contributed by atoms with Gasteiger partial charge in [-0.15, -0.1) is 11.6 Å². The normalized spacial score (nSPS) is 45.4. The van der Waals surface area contributed by atoms with E-state index in [2.05, 4.69) is 13.8 Å². The summed E-state index contributed by atoms with van der Waals surface area (Å²) in [5, 5.41) is 0.298. The molecule has 1 aliphatic carbocycles. The summed E-state index contributed by atoms with van der Waals surface area (Å²) in [6, 6.07) is 0. The van der Waals surface area contributed by atoms with Gasteiger partial charge in [-0.05, 0) is 19.3 Å². The van der Waals surface area contributed by atoms with E-state index in [1.807, 2.05) is 0 Å². The lowest BCUT2D eigenvalue weighted by Crippen LogP contribution is -2.53. The zero-order valence-electron chi connectivity index (χ0n) is 9.67. The highest BCUT2D eigenvalue weighted by atomic mass is 35.5. The highest BCUT2D eigenvalue weighted by Gasteiger charge is 2.50. The Hall–Kier alpha value is 0.210. The van der Waals surface area contributed by atoms with Crippen LogP contribution in [0.4, 0.5) is 0 Å². The molecular weight excluding hydrogens is 212 g/mol. The largest absolute Gasteiger partial charge is 0.381 e. The van der Waals surface area contributed by atoms with Gasteiger partial charge in [0.1, 0.15) is 0 Å². The lowest BCUT2D eigenvalue weighted by atomic mass is 9.65. The summed E-state index contributed by atoms with van der Waals surface area (Å²) >= 11 is 6.24. The summed E-state index contributed by atoms with van der Waals surface area (Å²) in [6.45, 7) is 7.07. The number of alkyl halides is 1. The molecule has 1 aliphatic heterocycles. The molecule has 0 spiro atoms. The summed E-state index contributed by atoms with van der Waals surface area (Å²) in [7, 11) is 0. The van der Waals surface area contributed by atoms with Crippen molar-refractivity contribution in [2.24, 2.45) is 11.3 Å². The maximum absolute atomic E-state index is 6.24. The van der Waals surface area contributed by atoms with Gasteiger partial charge >= 0.3 is 0 Å². The Morgan fingerprint density at radius 2 is 2.33 bits per heavy atom. The van der Waals surface area contributed by atoms with E-state index in [4.69, 9.17) is 21.1 Å². The molecule has 4 atom stereocenters. The lowest BCUT2D eigenvalue weighted by Gasteiger charge is -2.50. The first-order valence-electron chi connectivity index (χ1n) is 6.00. The lowest BCUT2D eigenvalue weighted by molar-refractivity contribution is -0.109. The number of ether oxygens (including phenoxy) is 2. The van der Waals surface area contributed by atoms with Crippen molar-refractivity contribution in [2.45, 2.75) is 44.6 Å². The molecule has 0 amide bonds. The second kappa shape index (κ2) is 4.60. The van der Waals surface area contributed by atoms with Crippen molar-refractivity contribution in [1.29, 1.82) is 0 Å². The van der Waals surface area contributed by atoms with Crippen LogP contribution in [-0.2, 0) is 9.47 Å². The molecular formula is C12H21ClO2. The second-order valence-corrected chi connectivity index (χ2v) is 5.64. The minimum atomic E-state index is 0.195. The number of hydrogen-bond acceptors (Lipinski definition) is 2. The zero-order valence-corrected chi connectivity index (χ0v) is 10.4. The highest BCUT2D eigenvalue weighted by molar-refractivity contribution is 6.21. The maximum Gasteiger partial charge on any atom is 0.0657 e. The van der Waals surface area contributed by atoms with Crippen molar-refractivity contribution in [1.82, 2.24) is 0 Å². The first kappa shape index (κ1) is 11.7. The van der Waals surface area contributed by atoms with E-state index in [-0.39, 0.29) is 5.41 Å². The van der Waals surface area contributed by atoms with E-state index in [9.17, 15) is 0 Å². The van der Waals surface area contributed by atoms with Crippen molar-refractivity contribution >= 4 is 11.6 Å². The third-order valence-electron chi connectivity index (χ3n) is 4.19. The van der Waals surface area contributed by atoms with Gasteiger partial charge in [0, 0.05) is 23.3 Å². The molecule has 0 aromatic carbocycles. The van der Waals surface area contributed by atoms with Gasteiger partial charge in [0.2, 0.25) is 0 Å². The molecule has 0 bridgehead atoms. The second-order valence-electron chi connectivity index (χ2n) is 5.11. The van der Waals surface area contributed by atoms with E-state index in [1.54, 1.807) is 0 Å². The Morgan fingerprint density at radius 3 is 2.87 bits per heavy atom. The fourth-order valence-corrected chi connectivity index (χ4v) is 2.90. The Balaban J connectivity index is 1.75. The fraction of sp³-hybridized carbons (Fsp3) is 1.00. The standard InChI is InChI=1S/C12H21ClO2/c1-3-12(2)10(13)6-11(12)15-8-9-4-5-14-7-9/h9-11H,3-8H2,1-2H3. The van der Waals surface area contributed by atoms with Gasteiger partial charge in [0.15, 0.2) is 0 Å². The van der Waals surface area contributed by atoms with Crippen LogP contribution in [-0.4, -0.2) is 31.3 Å². The summed E-state index contributed by atoms with van der Waals surface area (Å²) in [4.78, 5) is 0. The molecule has 4 unspecified atom stereocenters. The van der Waals surface area contributed by atoms with E-state index < -0.39 is 0 Å². The molecule has 2 aliphatic rings. The first-order valence-corrected chi connectivity index (χ1v) is 6.44. The summed E-state index contributed by atoms with van der Waals surface area (Å²) in [5.74, 6) is 0.612. The van der Waals surface area contributed by atoms with E-state index in [1.165, 1.54) is 0 Å². The van der Waals surface area contributed by atoms with Gasteiger partial charge in [0.05, 0.1) is 19.3 Å². The topological polar surface area (TPSA) is 18.5 Å². The summed E-state index contributed by atoms with van der Waals surface area (Å²) in [5.41, 5.74) is 0.195. The Morgan fingerprint density at radius 1 is 1.53 bits per heavy atom. The summed E-state index contributed by atoms with van der Waals surface area (Å²) in [6.07, 6.45) is 3.64. The van der Waals surface area contributed by atoms with Crippen molar-refractivity contribution in [3.8, 4) is 0 Å². The van der Waals surface area contributed by atoms with Crippen LogP contribution >= 0.6 is 11.6 Å². The predicted molar refractivity (Wildman–Crippen MR) is 61.3 cm³/mol. The molecule has 88 valence electrons. The number of halogens is 1. The van der Waals surface area contributed by atoms with Crippen molar-refractivity contribution in [3.63, 3.8) is 0 Å². The average molecular weight is 233 g/mol. The van der Waals surface area contributed by atoms with Gasteiger partial charge in [-0.3, -0.25) is 0 Å². The molecule has 0 radical (unpaired) electrons. The first-order chi connectivity index (χ1) is 7.16. The van der Waals surface area contributed by atoms with Crippen LogP contribution in [0.1, 0.15) is 33.1 Å².